The standard InChI is InChI=1S/C13H24O10/c1-4-7(16)10(19)12(6(3-15)21-4)23-13-11(20)9(18)8(17)5(2-14)22-13/h4-20H,2-3H2,1H3/t4?,5?,6?,7?,8-,9-,10+,11?,12+,13-/m0/s1. The molecule has 0 aromatic carbocycles. The molecule has 0 radical (unpaired) electrons. The molecule has 2 rings (SSSR count). The number of aliphatic hydroxyl groups excluding tert-OH is 7. The van der Waals surface area contributed by atoms with E-state index in [0.29, 0.717) is 0 Å². The highest BCUT2D eigenvalue weighted by molar-refractivity contribution is 4.94. The normalized spacial score (nSPS) is 51.7. The Morgan fingerprint density at radius 3 is 1.91 bits per heavy atom. The van der Waals surface area contributed by atoms with E-state index in [4.69, 9.17) is 19.3 Å². The fourth-order valence-corrected chi connectivity index (χ4v) is 2.78. The Hall–Kier alpha value is -0.400. The molecule has 7 N–H and O–H groups in total. The zero-order valence-electron chi connectivity index (χ0n) is 12.5. The molecule has 2 fully saturated rings. The Morgan fingerprint density at radius 1 is 0.739 bits per heavy atom. The van der Waals surface area contributed by atoms with Gasteiger partial charge in [-0.3, -0.25) is 0 Å². The predicted octanol–water partition coefficient (Wildman–Crippen LogP) is -4.33. The van der Waals surface area contributed by atoms with Gasteiger partial charge in [0, 0.05) is 0 Å². The molecule has 0 spiro atoms. The van der Waals surface area contributed by atoms with Crippen LogP contribution in [0.15, 0.2) is 0 Å². The van der Waals surface area contributed by atoms with Crippen molar-refractivity contribution in [3.63, 3.8) is 0 Å². The minimum absolute atomic E-state index is 0.518. The molecule has 10 atom stereocenters. The van der Waals surface area contributed by atoms with Crippen molar-refractivity contribution in [2.45, 2.75) is 68.1 Å². The second kappa shape index (κ2) is 7.66. The summed E-state index contributed by atoms with van der Waals surface area (Å²) in [5.41, 5.74) is 0. The lowest BCUT2D eigenvalue weighted by Gasteiger charge is -2.45. The summed E-state index contributed by atoms with van der Waals surface area (Å²) in [6, 6.07) is 0. The monoisotopic (exact) mass is 340 g/mol. The SMILES string of the molecule is CC1OC(CO)[C@@H](O[C@@H]2OC(CO)[C@H](O)[C@H](O)C2O)[C@H](O)C1O. The number of aliphatic hydroxyl groups is 7. The molecule has 10 heteroatoms. The van der Waals surface area contributed by atoms with Gasteiger partial charge in [0.1, 0.15) is 48.8 Å². The lowest BCUT2D eigenvalue weighted by Crippen LogP contribution is -2.64. The zero-order valence-corrected chi connectivity index (χ0v) is 12.5. The average Bonchev–Trinajstić information content (AvgIpc) is 2.55. The van der Waals surface area contributed by atoms with Crippen molar-refractivity contribution in [3.05, 3.63) is 0 Å². The Bertz CT molecular complexity index is 378. The number of ether oxygens (including phenoxy) is 3. The van der Waals surface area contributed by atoms with Gasteiger partial charge in [-0.25, -0.2) is 0 Å². The summed E-state index contributed by atoms with van der Waals surface area (Å²) in [5.74, 6) is 0. The molecule has 2 aliphatic heterocycles. The second-order valence-corrected chi connectivity index (χ2v) is 5.84. The minimum Gasteiger partial charge on any atom is -0.394 e. The molecule has 2 heterocycles. The van der Waals surface area contributed by atoms with Crippen LogP contribution in [0.2, 0.25) is 0 Å². The molecular weight excluding hydrogens is 316 g/mol. The highest BCUT2D eigenvalue weighted by atomic mass is 16.7. The van der Waals surface area contributed by atoms with E-state index in [1.165, 1.54) is 6.92 Å². The Labute approximate surface area is 132 Å². The molecule has 23 heavy (non-hydrogen) atoms. The molecule has 0 saturated carbocycles. The third kappa shape index (κ3) is 3.66. The Kier molecular flexibility index (Phi) is 6.30. The number of hydrogen-bond acceptors (Lipinski definition) is 10. The summed E-state index contributed by atoms with van der Waals surface area (Å²) in [7, 11) is 0. The van der Waals surface area contributed by atoms with Gasteiger partial charge in [0.05, 0.1) is 19.3 Å². The van der Waals surface area contributed by atoms with Crippen molar-refractivity contribution in [3.8, 4) is 0 Å². The molecule has 0 aromatic heterocycles. The van der Waals surface area contributed by atoms with Crippen LogP contribution in [-0.4, -0.2) is 110 Å². The Balaban J connectivity index is 2.11. The maximum atomic E-state index is 10.1. The van der Waals surface area contributed by atoms with Crippen LogP contribution < -0.4 is 0 Å². The van der Waals surface area contributed by atoms with E-state index in [1.807, 2.05) is 0 Å². The van der Waals surface area contributed by atoms with E-state index in [2.05, 4.69) is 0 Å². The van der Waals surface area contributed by atoms with Crippen LogP contribution in [0.3, 0.4) is 0 Å². The molecule has 2 aliphatic rings. The zero-order chi connectivity index (χ0) is 17.3. The largest absolute Gasteiger partial charge is 0.394 e. The minimum atomic E-state index is -1.66. The summed E-state index contributed by atoms with van der Waals surface area (Å²) >= 11 is 0. The van der Waals surface area contributed by atoms with Crippen molar-refractivity contribution in [1.29, 1.82) is 0 Å². The molecule has 10 nitrogen and oxygen atoms in total. The van der Waals surface area contributed by atoms with Gasteiger partial charge in [-0.2, -0.15) is 0 Å². The van der Waals surface area contributed by atoms with Gasteiger partial charge in [0.2, 0.25) is 0 Å². The number of rotatable bonds is 4. The summed E-state index contributed by atoms with van der Waals surface area (Å²) in [6.07, 6.45) is -13.2. The highest BCUT2D eigenvalue weighted by Crippen LogP contribution is 2.28. The molecule has 0 bridgehead atoms. The van der Waals surface area contributed by atoms with Crippen LogP contribution >= 0.6 is 0 Å². The fraction of sp³-hybridized carbons (Fsp3) is 1.00. The van der Waals surface area contributed by atoms with E-state index in [1.54, 1.807) is 0 Å². The first-order chi connectivity index (χ1) is 10.8. The van der Waals surface area contributed by atoms with E-state index in [9.17, 15) is 30.6 Å². The maximum Gasteiger partial charge on any atom is 0.187 e. The fourth-order valence-electron chi connectivity index (χ4n) is 2.78. The van der Waals surface area contributed by atoms with Gasteiger partial charge >= 0.3 is 0 Å². The van der Waals surface area contributed by atoms with E-state index in [-0.39, 0.29) is 0 Å². The third-order valence-corrected chi connectivity index (χ3v) is 4.24. The molecule has 5 unspecified atom stereocenters. The first-order valence-corrected chi connectivity index (χ1v) is 7.40. The summed E-state index contributed by atoms with van der Waals surface area (Å²) < 4.78 is 15.9. The van der Waals surface area contributed by atoms with Gasteiger partial charge in [-0.1, -0.05) is 0 Å². The summed E-state index contributed by atoms with van der Waals surface area (Å²) in [5, 5.41) is 67.8. The quantitative estimate of drug-likeness (QED) is 0.265. The van der Waals surface area contributed by atoms with E-state index < -0.39 is 74.4 Å². The average molecular weight is 340 g/mol. The molecule has 0 aromatic rings. The lowest BCUT2D eigenvalue weighted by molar-refractivity contribution is -0.341. The van der Waals surface area contributed by atoms with Crippen molar-refractivity contribution in [2.75, 3.05) is 13.2 Å². The van der Waals surface area contributed by atoms with Gasteiger partial charge in [0.15, 0.2) is 6.29 Å². The summed E-state index contributed by atoms with van der Waals surface area (Å²) in [6.45, 7) is 0.369. The molecule has 0 aliphatic carbocycles. The van der Waals surface area contributed by atoms with Gasteiger partial charge in [-0.05, 0) is 6.92 Å². The maximum absolute atomic E-state index is 10.1. The molecule has 136 valence electrons. The molecular formula is C13H24O10. The number of hydrogen-bond donors (Lipinski definition) is 7. The van der Waals surface area contributed by atoms with Crippen LogP contribution in [0.25, 0.3) is 0 Å². The second-order valence-electron chi connectivity index (χ2n) is 5.84. The summed E-state index contributed by atoms with van der Waals surface area (Å²) in [4.78, 5) is 0. The first kappa shape index (κ1) is 18.9. The van der Waals surface area contributed by atoms with Gasteiger partial charge in [-0.15, -0.1) is 0 Å². The van der Waals surface area contributed by atoms with Crippen molar-refractivity contribution >= 4 is 0 Å². The molecule has 2 saturated heterocycles. The van der Waals surface area contributed by atoms with Gasteiger partial charge in [0.25, 0.3) is 0 Å². The lowest BCUT2D eigenvalue weighted by atomic mass is 9.95. The van der Waals surface area contributed by atoms with Crippen LogP contribution in [0.1, 0.15) is 6.92 Å². The van der Waals surface area contributed by atoms with Crippen LogP contribution in [0, 0.1) is 0 Å². The van der Waals surface area contributed by atoms with Gasteiger partial charge < -0.3 is 50.0 Å². The third-order valence-electron chi connectivity index (χ3n) is 4.24. The molecule has 0 amide bonds. The smallest absolute Gasteiger partial charge is 0.187 e. The van der Waals surface area contributed by atoms with Crippen molar-refractivity contribution in [2.24, 2.45) is 0 Å². The van der Waals surface area contributed by atoms with Crippen LogP contribution in [0.4, 0.5) is 0 Å². The first-order valence-electron chi connectivity index (χ1n) is 7.40. The van der Waals surface area contributed by atoms with Crippen LogP contribution in [-0.2, 0) is 14.2 Å². The van der Waals surface area contributed by atoms with E-state index >= 15 is 0 Å². The highest BCUT2D eigenvalue weighted by Gasteiger charge is 2.49. The Morgan fingerprint density at radius 2 is 1.35 bits per heavy atom. The topological polar surface area (TPSA) is 169 Å². The van der Waals surface area contributed by atoms with E-state index in [0.717, 1.165) is 0 Å². The van der Waals surface area contributed by atoms with Crippen molar-refractivity contribution in [1.82, 2.24) is 0 Å². The van der Waals surface area contributed by atoms with Crippen molar-refractivity contribution < 1.29 is 50.0 Å². The predicted molar refractivity (Wildman–Crippen MR) is 72.1 cm³/mol. The van der Waals surface area contributed by atoms with Crippen LogP contribution in [0.5, 0.6) is 0 Å².